The SMILES string of the molecule is COC(=O)c1ccc2c(c1)CC[C@@H]2NC(=O)c1cc(C(=O)O)n2nc(N)nc2n1.Cc1cc(CN)ccc1F. The van der Waals surface area contributed by atoms with Crippen LogP contribution in [0.3, 0.4) is 0 Å². The van der Waals surface area contributed by atoms with Gasteiger partial charge >= 0.3 is 11.9 Å². The summed E-state index contributed by atoms with van der Waals surface area (Å²) >= 11 is 0. The summed E-state index contributed by atoms with van der Waals surface area (Å²) < 4.78 is 18.3. The van der Waals surface area contributed by atoms with Gasteiger partial charge < -0.3 is 26.6 Å². The quantitative estimate of drug-likeness (QED) is 0.276. The van der Waals surface area contributed by atoms with E-state index in [1.54, 1.807) is 37.3 Å². The molecule has 13 heteroatoms. The minimum atomic E-state index is -1.29. The van der Waals surface area contributed by atoms with E-state index in [1.165, 1.54) is 13.2 Å². The molecule has 0 spiro atoms. The van der Waals surface area contributed by atoms with Crippen molar-refractivity contribution in [1.29, 1.82) is 0 Å². The lowest BCUT2D eigenvalue weighted by Crippen LogP contribution is -2.28. The Morgan fingerprint density at radius 3 is 2.62 bits per heavy atom. The van der Waals surface area contributed by atoms with Crippen LogP contribution in [0.4, 0.5) is 10.3 Å². The number of hydrogen-bond donors (Lipinski definition) is 4. The number of nitrogens with two attached hydrogens (primary N) is 2. The Balaban J connectivity index is 0.000000298. The highest BCUT2D eigenvalue weighted by Crippen LogP contribution is 2.32. The number of carboxylic acid groups (broad SMARTS) is 1. The Labute approximate surface area is 221 Å². The van der Waals surface area contributed by atoms with Crippen LogP contribution in [0.15, 0.2) is 42.5 Å². The fourth-order valence-electron chi connectivity index (χ4n) is 4.23. The highest BCUT2D eigenvalue weighted by atomic mass is 19.1. The summed E-state index contributed by atoms with van der Waals surface area (Å²) in [5.74, 6) is -2.67. The van der Waals surface area contributed by atoms with Crippen LogP contribution >= 0.6 is 0 Å². The van der Waals surface area contributed by atoms with Gasteiger partial charge in [0.05, 0.1) is 18.7 Å². The monoisotopic (exact) mass is 535 g/mol. The molecule has 5 rings (SSSR count). The molecule has 0 fully saturated rings. The second-order valence-electron chi connectivity index (χ2n) is 8.77. The summed E-state index contributed by atoms with van der Waals surface area (Å²) in [6.07, 6.45) is 1.32. The first kappa shape index (κ1) is 27.1. The molecule has 0 unspecified atom stereocenters. The van der Waals surface area contributed by atoms with Crippen LogP contribution in [0.2, 0.25) is 0 Å². The van der Waals surface area contributed by atoms with Crippen molar-refractivity contribution in [2.24, 2.45) is 5.73 Å². The van der Waals surface area contributed by atoms with Crippen molar-refractivity contribution in [1.82, 2.24) is 24.9 Å². The minimum Gasteiger partial charge on any atom is -0.477 e. The van der Waals surface area contributed by atoms with Crippen molar-refractivity contribution in [2.45, 2.75) is 32.4 Å². The van der Waals surface area contributed by atoms with Crippen molar-refractivity contribution in [3.8, 4) is 0 Å². The molecule has 202 valence electrons. The van der Waals surface area contributed by atoms with Gasteiger partial charge in [-0.25, -0.2) is 19.0 Å². The molecule has 1 aliphatic carbocycles. The predicted molar refractivity (Wildman–Crippen MR) is 137 cm³/mol. The van der Waals surface area contributed by atoms with Gasteiger partial charge in [-0.3, -0.25) is 4.79 Å². The third-order valence-corrected chi connectivity index (χ3v) is 6.19. The van der Waals surface area contributed by atoms with E-state index in [9.17, 15) is 23.9 Å². The Morgan fingerprint density at radius 1 is 1.18 bits per heavy atom. The number of nitrogens with one attached hydrogen (secondary N) is 1. The van der Waals surface area contributed by atoms with Gasteiger partial charge in [0.1, 0.15) is 11.5 Å². The van der Waals surface area contributed by atoms with E-state index in [0.717, 1.165) is 27.3 Å². The summed E-state index contributed by atoms with van der Waals surface area (Å²) in [6.45, 7) is 2.20. The Bertz CT molecular complexity index is 1590. The number of hydrogen-bond acceptors (Lipinski definition) is 9. The maximum absolute atomic E-state index is 12.7. The Kier molecular flexibility index (Phi) is 7.81. The zero-order valence-electron chi connectivity index (χ0n) is 21.1. The number of benzene rings is 2. The van der Waals surface area contributed by atoms with E-state index in [4.69, 9.17) is 16.2 Å². The van der Waals surface area contributed by atoms with Crippen molar-refractivity contribution in [3.05, 3.63) is 87.5 Å². The number of anilines is 1. The molecule has 4 aromatic rings. The molecule has 2 aromatic heterocycles. The number of carboxylic acids is 1. The summed E-state index contributed by atoms with van der Waals surface area (Å²) in [4.78, 5) is 43.8. The topological polar surface area (TPSA) is 188 Å². The molecule has 0 saturated carbocycles. The number of methoxy groups -OCH3 is 1. The molecule has 39 heavy (non-hydrogen) atoms. The van der Waals surface area contributed by atoms with Gasteiger partial charge in [-0.2, -0.15) is 9.50 Å². The largest absolute Gasteiger partial charge is 0.477 e. The first-order valence-corrected chi connectivity index (χ1v) is 11.8. The summed E-state index contributed by atoms with van der Waals surface area (Å²) in [5, 5.41) is 16.0. The number of fused-ring (bicyclic) bond motifs is 2. The van der Waals surface area contributed by atoms with Gasteiger partial charge in [-0.1, -0.05) is 18.2 Å². The smallest absolute Gasteiger partial charge is 0.354 e. The van der Waals surface area contributed by atoms with Crippen LogP contribution in [0.25, 0.3) is 5.78 Å². The van der Waals surface area contributed by atoms with Gasteiger partial charge in [0.2, 0.25) is 5.95 Å². The number of rotatable bonds is 5. The molecule has 12 nitrogen and oxygen atoms in total. The van der Waals surface area contributed by atoms with Crippen LogP contribution in [-0.4, -0.2) is 49.6 Å². The molecule has 2 aromatic carbocycles. The number of esters is 1. The number of aryl methyl sites for hydroxylation is 2. The number of halogens is 1. The molecule has 1 amide bonds. The van der Waals surface area contributed by atoms with E-state index in [1.807, 2.05) is 0 Å². The van der Waals surface area contributed by atoms with Gasteiger partial charge in [0.15, 0.2) is 5.69 Å². The number of ether oxygens (including phenoxy) is 1. The maximum atomic E-state index is 12.7. The molecular weight excluding hydrogens is 509 g/mol. The van der Waals surface area contributed by atoms with Crippen molar-refractivity contribution >= 4 is 29.6 Å². The number of carbonyl (C=O) groups excluding carboxylic acids is 2. The highest BCUT2D eigenvalue weighted by molar-refractivity contribution is 5.96. The number of carbonyl (C=O) groups is 3. The van der Waals surface area contributed by atoms with Crippen molar-refractivity contribution in [2.75, 3.05) is 12.8 Å². The second-order valence-corrected chi connectivity index (χ2v) is 8.77. The number of aromatic carboxylic acids is 1. The molecule has 0 aliphatic heterocycles. The minimum absolute atomic E-state index is 0.0814. The van der Waals surface area contributed by atoms with Crippen LogP contribution in [0, 0.1) is 12.7 Å². The molecular formula is C26H26FN7O5. The molecule has 0 bridgehead atoms. The van der Waals surface area contributed by atoms with E-state index in [0.29, 0.717) is 30.5 Å². The summed E-state index contributed by atoms with van der Waals surface area (Å²) in [6, 6.07) is 10.9. The van der Waals surface area contributed by atoms with Gasteiger partial charge in [-0.05, 0) is 60.2 Å². The third kappa shape index (κ3) is 5.83. The van der Waals surface area contributed by atoms with E-state index < -0.39 is 17.8 Å². The molecule has 1 aliphatic rings. The average molecular weight is 536 g/mol. The van der Waals surface area contributed by atoms with Crippen molar-refractivity contribution in [3.63, 3.8) is 0 Å². The first-order valence-electron chi connectivity index (χ1n) is 11.8. The fraction of sp³-hybridized carbons (Fsp3) is 0.231. The lowest BCUT2D eigenvalue weighted by molar-refractivity contribution is 0.0599. The standard InChI is InChI=1S/C18H16N6O5.C8H10FN/c1-29-16(28)9-2-4-10-8(6-9)3-5-11(10)20-14(25)12-7-13(15(26)27)24-18(21-12)22-17(19)23-24;1-6-4-7(5-10)2-3-8(6)9/h2,4,6-7,11H,3,5H2,1H3,(H2,19,23)(H,20,25)(H,26,27);2-4H,5,10H2,1H3/t11-;/m0./s1. The van der Waals surface area contributed by atoms with Crippen LogP contribution in [0.5, 0.6) is 0 Å². The zero-order chi connectivity index (χ0) is 28.3. The third-order valence-electron chi connectivity index (χ3n) is 6.19. The second kappa shape index (κ2) is 11.2. The lowest BCUT2D eigenvalue weighted by atomic mass is 10.0. The Hall–Kier alpha value is -4.91. The molecule has 1 atom stereocenters. The number of amides is 1. The molecule has 2 heterocycles. The first-order chi connectivity index (χ1) is 18.6. The van der Waals surface area contributed by atoms with Crippen LogP contribution in [0.1, 0.15) is 66.1 Å². The number of nitrogen functional groups attached to an aromatic ring is 1. The molecule has 6 N–H and O–H groups in total. The summed E-state index contributed by atoms with van der Waals surface area (Å²) in [7, 11) is 1.32. The maximum Gasteiger partial charge on any atom is 0.354 e. The number of nitrogens with zero attached hydrogens (tertiary/aromatic N) is 4. The van der Waals surface area contributed by atoms with Gasteiger partial charge in [0, 0.05) is 12.6 Å². The van der Waals surface area contributed by atoms with E-state index in [-0.39, 0.29) is 35.0 Å². The van der Waals surface area contributed by atoms with Gasteiger partial charge in [0.25, 0.3) is 11.7 Å². The van der Waals surface area contributed by atoms with E-state index >= 15 is 0 Å². The fourth-order valence-corrected chi connectivity index (χ4v) is 4.23. The summed E-state index contributed by atoms with van der Waals surface area (Å²) in [5.41, 5.74) is 14.4. The highest BCUT2D eigenvalue weighted by Gasteiger charge is 2.27. The Morgan fingerprint density at radius 2 is 1.95 bits per heavy atom. The van der Waals surface area contributed by atoms with Gasteiger partial charge in [-0.15, -0.1) is 5.10 Å². The van der Waals surface area contributed by atoms with E-state index in [2.05, 4.69) is 20.4 Å². The van der Waals surface area contributed by atoms with Crippen LogP contribution < -0.4 is 16.8 Å². The average Bonchev–Trinajstić information content (AvgIpc) is 3.51. The van der Waals surface area contributed by atoms with Crippen LogP contribution in [-0.2, 0) is 17.7 Å². The normalized spacial score (nSPS) is 13.8. The zero-order valence-corrected chi connectivity index (χ0v) is 21.1. The van der Waals surface area contributed by atoms with Crippen molar-refractivity contribution < 1.29 is 28.6 Å². The molecule has 0 radical (unpaired) electrons. The predicted octanol–water partition coefficient (Wildman–Crippen LogP) is 2.20. The number of aromatic nitrogens is 4. The lowest BCUT2D eigenvalue weighted by Gasteiger charge is -2.14. The molecule has 0 saturated heterocycles.